The van der Waals surface area contributed by atoms with Gasteiger partial charge in [-0.15, -0.1) is 0 Å². The summed E-state index contributed by atoms with van der Waals surface area (Å²) in [4.78, 5) is 15.9. The van der Waals surface area contributed by atoms with Crippen LogP contribution < -0.4 is 24.4 Å². The molecule has 0 atom stereocenters. The van der Waals surface area contributed by atoms with Gasteiger partial charge in [-0.1, -0.05) is 12.1 Å². The Bertz CT molecular complexity index is 1900. The van der Waals surface area contributed by atoms with Crippen molar-refractivity contribution in [2.24, 2.45) is 0 Å². The van der Waals surface area contributed by atoms with Crippen LogP contribution in [0.2, 0.25) is 0 Å². The number of para-hydroxylation sites is 2. The van der Waals surface area contributed by atoms with E-state index >= 15 is 0 Å². The molecule has 0 aliphatic heterocycles. The van der Waals surface area contributed by atoms with Crippen LogP contribution >= 0.6 is 0 Å². The summed E-state index contributed by atoms with van der Waals surface area (Å²) in [7, 11) is -0.950. The fourth-order valence-electron chi connectivity index (χ4n) is 5.72. The highest BCUT2D eigenvalue weighted by molar-refractivity contribution is 7.92. The van der Waals surface area contributed by atoms with Crippen molar-refractivity contribution in [1.29, 1.82) is 0 Å². The molecule has 2 heterocycles. The van der Waals surface area contributed by atoms with Crippen LogP contribution in [0.25, 0.3) is 11.2 Å². The highest BCUT2D eigenvalue weighted by Crippen LogP contribution is 2.41. The average molecular weight is 644 g/mol. The molecule has 12 nitrogen and oxygen atoms in total. The maximum absolute atomic E-state index is 13.5. The first kappa shape index (κ1) is 31.1. The number of aryl methyl sites for hydroxylation is 1. The lowest BCUT2D eigenvalue weighted by molar-refractivity contribution is 0.126. The Hall–Kier alpha value is -4.88. The van der Waals surface area contributed by atoms with E-state index in [-0.39, 0.29) is 17.0 Å². The van der Waals surface area contributed by atoms with Gasteiger partial charge in [0.1, 0.15) is 17.8 Å². The Morgan fingerprint density at radius 2 is 1.63 bits per heavy atom. The van der Waals surface area contributed by atoms with Crippen molar-refractivity contribution in [3.63, 3.8) is 0 Å². The van der Waals surface area contributed by atoms with Gasteiger partial charge in [-0.05, 0) is 69.0 Å². The maximum Gasteiger partial charge on any atom is 0.261 e. The summed E-state index contributed by atoms with van der Waals surface area (Å²) >= 11 is 0. The number of nitrogens with zero attached hydrogens (tertiary/aromatic N) is 5. The molecular formula is C33H37N7O5S. The molecule has 0 spiro atoms. The van der Waals surface area contributed by atoms with Crippen LogP contribution in [0.5, 0.6) is 11.5 Å². The minimum Gasteiger partial charge on any atom is -0.497 e. The van der Waals surface area contributed by atoms with E-state index in [4.69, 9.17) is 9.47 Å². The number of benzene rings is 3. The zero-order valence-corrected chi connectivity index (χ0v) is 26.7. The molecule has 1 aliphatic rings. The molecule has 0 bridgehead atoms. The van der Waals surface area contributed by atoms with Crippen LogP contribution in [-0.4, -0.2) is 59.4 Å². The van der Waals surface area contributed by atoms with Crippen molar-refractivity contribution in [2.75, 3.05) is 29.2 Å². The molecular weight excluding hydrogens is 606 g/mol. The van der Waals surface area contributed by atoms with E-state index in [2.05, 4.69) is 25.0 Å². The molecule has 13 heteroatoms. The second kappa shape index (κ2) is 13.2. The highest BCUT2D eigenvalue weighted by atomic mass is 32.2. The Balaban J connectivity index is 1.40. The minimum atomic E-state index is -3.96. The predicted molar refractivity (Wildman–Crippen MR) is 178 cm³/mol. The molecule has 0 unspecified atom stereocenters. The Morgan fingerprint density at radius 1 is 0.935 bits per heavy atom. The third kappa shape index (κ3) is 6.42. The van der Waals surface area contributed by atoms with Gasteiger partial charge >= 0.3 is 0 Å². The molecule has 1 saturated carbocycles. The van der Waals surface area contributed by atoms with E-state index < -0.39 is 10.0 Å². The topological polar surface area (TPSA) is 144 Å². The van der Waals surface area contributed by atoms with Gasteiger partial charge < -0.3 is 24.5 Å². The number of sulfonamides is 1. The molecule has 0 radical (unpaired) electrons. The number of hydrogen-bond acceptors (Lipinski definition) is 10. The third-order valence-corrected chi connectivity index (χ3v) is 9.54. The first-order chi connectivity index (χ1) is 22.3. The third-order valence-electron chi connectivity index (χ3n) is 8.14. The number of hydrogen-bond donors (Lipinski definition) is 3. The summed E-state index contributed by atoms with van der Waals surface area (Å²) in [6.45, 7) is 2.72. The monoisotopic (exact) mass is 643 g/mol. The summed E-state index contributed by atoms with van der Waals surface area (Å²) in [5.74, 6) is 1.48. The lowest BCUT2D eigenvalue weighted by Crippen LogP contribution is -2.28. The Morgan fingerprint density at radius 3 is 2.30 bits per heavy atom. The van der Waals surface area contributed by atoms with Crippen molar-refractivity contribution in [1.82, 2.24) is 19.5 Å². The van der Waals surface area contributed by atoms with Crippen LogP contribution in [-0.2, 0) is 16.6 Å². The number of nitrogens with one attached hydrogen (secondary N) is 2. The first-order valence-corrected chi connectivity index (χ1v) is 16.6. The quantitative estimate of drug-likeness (QED) is 0.160. The molecule has 0 saturated heterocycles. The maximum atomic E-state index is 13.5. The zero-order chi connectivity index (χ0) is 32.3. The average Bonchev–Trinajstić information content (AvgIpc) is 3.50. The number of rotatable bonds is 11. The van der Waals surface area contributed by atoms with E-state index in [1.54, 1.807) is 48.8 Å². The number of aliphatic hydroxyl groups is 1. The second-order valence-electron chi connectivity index (χ2n) is 11.1. The van der Waals surface area contributed by atoms with E-state index in [0.29, 0.717) is 46.4 Å². The summed E-state index contributed by atoms with van der Waals surface area (Å²) in [5, 5.41) is 13.7. The number of ether oxygens (including phenoxy) is 2. The van der Waals surface area contributed by atoms with Crippen molar-refractivity contribution >= 4 is 49.8 Å². The fraction of sp³-hybridized carbons (Fsp3) is 0.303. The molecule has 6 rings (SSSR count). The number of aliphatic hydroxyl groups excluding tert-OH is 1. The van der Waals surface area contributed by atoms with Crippen LogP contribution in [0.1, 0.15) is 32.6 Å². The van der Waals surface area contributed by atoms with Gasteiger partial charge in [0.15, 0.2) is 17.0 Å². The zero-order valence-electron chi connectivity index (χ0n) is 25.9. The Kier molecular flexibility index (Phi) is 8.95. The van der Waals surface area contributed by atoms with Gasteiger partial charge in [-0.3, -0.25) is 9.62 Å². The summed E-state index contributed by atoms with van der Waals surface area (Å²) in [6, 6.07) is 19.6. The fourth-order valence-corrected chi connectivity index (χ4v) is 6.76. The van der Waals surface area contributed by atoms with Crippen LogP contribution in [0.15, 0.2) is 84.3 Å². The van der Waals surface area contributed by atoms with Crippen LogP contribution in [0.4, 0.5) is 28.6 Å². The van der Waals surface area contributed by atoms with Gasteiger partial charge in [0.2, 0.25) is 0 Å². The van der Waals surface area contributed by atoms with Crippen molar-refractivity contribution < 1.29 is 23.0 Å². The van der Waals surface area contributed by atoms with Gasteiger partial charge in [0.25, 0.3) is 10.0 Å². The normalized spacial score (nSPS) is 16.6. The van der Waals surface area contributed by atoms with E-state index in [0.717, 1.165) is 37.1 Å². The molecule has 46 heavy (non-hydrogen) atoms. The first-order valence-electron chi connectivity index (χ1n) is 15.1. The number of imidazole rings is 1. The van der Waals surface area contributed by atoms with Gasteiger partial charge in [0, 0.05) is 36.5 Å². The van der Waals surface area contributed by atoms with Gasteiger partial charge in [-0.25, -0.2) is 23.4 Å². The molecule has 3 aromatic carbocycles. The predicted octanol–water partition coefficient (Wildman–Crippen LogP) is 5.85. The lowest BCUT2D eigenvalue weighted by atomic mass is 9.93. The van der Waals surface area contributed by atoms with Gasteiger partial charge in [-0.2, -0.15) is 0 Å². The van der Waals surface area contributed by atoms with Crippen molar-refractivity contribution in [3.05, 3.63) is 79.4 Å². The summed E-state index contributed by atoms with van der Waals surface area (Å²) in [5.41, 5.74) is 4.01. The number of methoxy groups -OCH3 is 2. The van der Waals surface area contributed by atoms with E-state index in [1.165, 1.54) is 20.5 Å². The summed E-state index contributed by atoms with van der Waals surface area (Å²) in [6.07, 6.45) is 6.20. The molecule has 1 aliphatic carbocycles. The molecule has 2 aromatic heterocycles. The SMILES string of the molecule is CCn1cnc2c(N(c3ccc(S(=O)(=O)Nc4cc(OC)cc(OC)c4)cc3)c3ccccc3NC3CCC(O)CC3)ncnc21. The molecule has 240 valence electrons. The number of anilines is 5. The second-order valence-corrected chi connectivity index (χ2v) is 12.8. The van der Waals surface area contributed by atoms with Crippen LogP contribution in [0, 0.1) is 0 Å². The Labute approximate surface area is 268 Å². The van der Waals surface area contributed by atoms with Crippen LogP contribution in [0.3, 0.4) is 0 Å². The standard InChI is InChI=1S/C33H37N7O5S/c1-4-39-21-36-31-32(39)34-20-35-33(31)40(30-8-6-5-7-29(30)37-22-9-13-25(41)14-10-22)24-11-15-28(16-12-24)46(42,43)38-23-17-26(44-2)19-27(18-23)45-3/h5-8,11-12,15-22,25,37-38,41H,4,9-10,13-14H2,1-3H3. The van der Waals surface area contributed by atoms with Crippen molar-refractivity contribution in [2.45, 2.75) is 56.2 Å². The lowest BCUT2D eigenvalue weighted by Gasteiger charge is -2.31. The summed E-state index contributed by atoms with van der Waals surface area (Å²) < 4.78 is 42.1. The molecule has 5 aromatic rings. The molecule has 1 fully saturated rings. The van der Waals surface area contributed by atoms with E-state index in [9.17, 15) is 13.5 Å². The molecule has 0 amide bonds. The highest BCUT2D eigenvalue weighted by Gasteiger charge is 2.25. The smallest absolute Gasteiger partial charge is 0.261 e. The number of fused-ring (bicyclic) bond motifs is 1. The van der Waals surface area contributed by atoms with Crippen molar-refractivity contribution in [3.8, 4) is 11.5 Å². The molecule has 3 N–H and O–H groups in total. The van der Waals surface area contributed by atoms with E-state index in [1.807, 2.05) is 40.7 Å². The number of aromatic nitrogens is 4. The van der Waals surface area contributed by atoms with Gasteiger partial charge in [0.05, 0.1) is 48.6 Å². The largest absolute Gasteiger partial charge is 0.497 e. The minimum absolute atomic E-state index is 0.0771.